The number of carbonyl (C=O) groups excluding carboxylic acids is 2. The number of benzene rings is 3. The molecule has 1 heterocycles. The Morgan fingerprint density at radius 3 is 2.46 bits per heavy atom. The van der Waals surface area contributed by atoms with Crippen LogP contribution in [0, 0.1) is 13.8 Å². The zero-order valence-corrected chi connectivity index (χ0v) is 21.5. The molecule has 5 nitrogen and oxygen atoms in total. The Bertz CT molecular complexity index is 1340. The number of anilines is 2. The zero-order valence-electron chi connectivity index (χ0n) is 19.9. The molecule has 0 saturated carbocycles. The largest absolute Gasteiger partial charge is 0.322 e. The lowest BCUT2D eigenvalue weighted by Gasteiger charge is -2.14. The predicted molar refractivity (Wildman–Crippen MR) is 146 cm³/mol. The number of aromatic nitrogens is 1. The van der Waals surface area contributed by atoms with Crippen LogP contribution in [0.25, 0.3) is 11.3 Å². The van der Waals surface area contributed by atoms with Gasteiger partial charge in [0.2, 0.25) is 5.91 Å². The number of thiazole rings is 1. The molecule has 178 valence electrons. The Kier molecular flexibility index (Phi) is 8.00. The Morgan fingerprint density at radius 2 is 1.71 bits per heavy atom. The average molecular weight is 502 g/mol. The van der Waals surface area contributed by atoms with Gasteiger partial charge in [-0.15, -0.1) is 23.1 Å². The molecular formula is C28H27N3O2S2. The molecule has 0 aliphatic rings. The number of nitrogens with one attached hydrogen (secondary N) is 2. The van der Waals surface area contributed by atoms with Gasteiger partial charge in [-0.25, -0.2) is 4.98 Å². The van der Waals surface area contributed by atoms with E-state index in [0.29, 0.717) is 22.8 Å². The van der Waals surface area contributed by atoms with Gasteiger partial charge in [-0.3, -0.25) is 9.59 Å². The minimum Gasteiger partial charge on any atom is -0.322 e. The van der Waals surface area contributed by atoms with Crippen LogP contribution in [0.4, 0.5) is 10.8 Å². The van der Waals surface area contributed by atoms with Crippen molar-refractivity contribution in [3.8, 4) is 11.3 Å². The van der Waals surface area contributed by atoms with Crippen molar-refractivity contribution < 1.29 is 9.59 Å². The highest BCUT2D eigenvalue weighted by molar-refractivity contribution is 8.00. The molecule has 0 radical (unpaired) electrons. The molecule has 35 heavy (non-hydrogen) atoms. The van der Waals surface area contributed by atoms with E-state index in [1.54, 1.807) is 6.07 Å². The number of thioether (sulfide) groups is 1. The molecule has 2 amide bonds. The fourth-order valence-electron chi connectivity index (χ4n) is 3.62. The molecule has 3 aromatic carbocycles. The first-order valence-corrected chi connectivity index (χ1v) is 13.1. The van der Waals surface area contributed by atoms with E-state index in [0.717, 1.165) is 26.6 Å². The van der Waals surface area contributed by atoms with Gasteiger partial charge in [0.15, 0.2) is 5.13 Å². The number of aryl methyl sites for hydroxylation is 2. The number of hydrogen-bond acceptors (Lipinski definition) is 5. The molecule has 1 unspecified atom stereocenters. The molecule has 4 aromatic rings. The second-order valence-corrected chi connectivity index (χ2v) is 10.6. The van der Waals surface area contributed by atoms with Crippen molar-refractivity contribution in [1.29, 1.82) is 0 Å². The first-order valence-electron chi connectivity index (χ1n) is 11.4. The fourth-order valence-corrected chi connectivity index (χ4v) is 5.47. The third-order valence-electron chi connectivity index (χ3n) is 5.39. The van der Waals surface area contributed by atoms with Crippen LogP contribution < -0.4 is 10.6 Å². The summed E-state index contributed by atoms with van der Waals surface area (Å²) in [5.41, 5.74) is 4.27. The highest BCUT2D eigenvalue weighted by Gasteiger charge is 2.20. The first kappa shape index (κ1) is 24.7. The van der Waals surface area contributed by atoms with Crippen LogP contribution in [0.1, 0.15) is 34.1 Å². The lowest BCUT2D eigenvalue weighted by Crippen LogP contribution is -2.24. The summed E-state index contributed by atoms with van der Waals surface area (Å²) in [5.74, 6) is -0.242. The lowest BCUT2D eigenvalue weighted by molar-refractivity contribution is -0.115. The summed E-state index contributed by atoms with van der Waals surface area (Å²) in [5, 5.41) is 6.26. The van der Waals surface area contributed by atoms with Crippen LogP contribution in [0.5, 0.6) is 0 Å². The van der Waals surface area contributed by atoms with Crippen molar-refractivity contribution >= 4 is 45.7 Å². The van der Waals surface area contributed by atoms with E-state index in [-0.39, 0.29) is 17.1 Å². The van der Waals surface area contributed by atoms with Crippen molar-refractivity contribution in [2.24, 2.45) is 0 Å². The minimum absolute atomic E-state index is 0.0833. The maximum absolute atomic E-state index is 13.0. The zero-order chi connectivity index (χ0) is 24.8. The maximum atomic E-state index is 13.0. The van der Waals surface area contributed by atoms with E-state index in [4.69, 9.17) is 0 Å². The molecule has 2 N–H and O–H groups in total. The van der Waals surface area contributed by atoms with Gasteiger partial charge in [0.05, 0.1) is 10.9 Å². The standard InChI is InChI=1S/C28H27N3O2S2/c1-4-24(27(33)31-28-30-25(19(3)34-28)20-11-6-5-7-12-20)35-23-15-9-14-22(17-23)29-26(32)21-13-8-10-18(2)16-21/h5-17,24H,4H2,1-3H3,(H,29,32)(H,30,31,33). The fraction of sp³-hybridized carbons (Fsp3) is 0.179. The second-order valence-electron chi connectivity index (χ2n) is 8.15. The van der Waals surface area contributed by atoms with Gasteiger partial charge in [0.1, 0.15) is 0 Å². The van der Waals surface area contributed by atoms with Crippen LogP contribution in [-0.4, -0.2) is 22.0 Å². The van der Waals surface area contributed by atoms with E-state index in [9.17, 15) is 9.59 Å². The molecule has 1 atom stereocenters. The van der Waals surface area contributed by atoms with Crippen LogP contribution in [-0.2, 0) is 4.79 Å². The lowest BCUT2D eigenvalue weighted by atomic mass is 10.1. The summed E-state index contributed by atoms with van der Waals surface area (Å²) in [6.07, 6.45) is 0.659. The van der Waals surface area contributed by atoms with Gasteiger partial charge in [0.25, 0.3) is 5.91 Å². The van der Waals surface area contributed by atoms with Gasteiger partial charge in [0, 0.05) is 26.6 Å². The molecule has 0 aliphatic heterocycles. The highest BCUT2D eigenvalue weighted by atomic mass is 32.2. The summed E-state index contributed by atoms with van der Waals surface area (Å²) in [7, 11) is 0. The molecule has 0 saturated heterocycles. The van der Waals surface area contributed by atoms with Gasteiger partial charge in [-0.2, -0.15) is 0 Å². The van der Waals surface area contributed by atoms with E-state index in [1.165, 1.54) is 23.1 Å². The van der Waals surface area contributed by atoms with Gasteiger partial charge in [-0.05, 0) is 50.6 Å². The topological polar surface area (TPSA) is 71.1 Å². The Balaban J connectivity index is 1.42. The maximum Gasteiger partial charge on any atom is 0.255 e. The van der Waals surface area contributed by atoms with Crippen molar-refractivity contribution in [3.63, 3.8) is 0 Å². The monoisotopic (exact) mass is 501 g/mol. The van der Waals surface area contributed by atoms with E-state index >= 15 is 0 Å². The van der Waals surface area contributed by atoms with E-state index in [1.807, 2.05) is 93.6 Å². The number of carbonyl (C=O) groups is 2. The highest BCUT2D eigenvalue weighted by Crippen LogP contribution is 2.32. The van der Waals surface area contributed by atoms with Crippen molar-refractivity contribution in [1.82, 2.24) is 4.98 Å². The number of hydrogen-bond donors (Lipinski definition) is 2. The number of amides is 2. The second kappa shape index (κ2) is 11.3. The smallest absolute Gasteiger partial charge is 0.255 e. The van der Waals surface area contributed by atoms with Crippen LogP contribution in [0.3, 0.4) is 0 Å². The predicted octanol–water partition coefficient (Wildman–Crippen LogP) is 7.19. The van der Waals surface area contributed by atoms with Crippen LogP contribution >= 0.6 is 23.1 Å². The molecule has 4 rings (SSSR count). The first-order chi connectivity index (χ1) is 16.9. The van der Waals surface area contributed by atoms with Gasteiger partial charge < -0.3 is 10.6 Å². The SMILES string of the molecule is CCC(Sc1cccc(NC(=O)c2cccc(C)c2)c1)C(=O)Nc1nc(-c2ccccc2)c(C)s1. The van der Waals surface area contributed by atoms with Crippen molar-refractivity contribution in [2.45, 2.75) is 37.3 Å². The van der Waals surface area contributed by atoms with Crippen LogP contribution in [0.2, 0.25) is 0 Å². The van der Waals surface area contributed by atoms with Crippen molar-refractivity contribution in [3.05, 3.63) is 94.9 Å². The summed E-state index contributed by atoms with van der Waals surface area (Å²) in [4.78, 5) is 32.3. The molecule has 7 heteroatoms. The molecule has 0 spiro atoms. The van der Waals surface area contributed by atoms with E-state index in [2.05, 4.69) is 15.6 Å². The van der Waals surface area contributed by atoms with E-state index < -0.39 is 0 Å². The third-order valence-corrected chi connectivity index (χ3v) is 7.63. The number of rotatable bonds is 8. The normalized spacial score (nSPS) is 11.6. The average Bonchev–Trinajstić information content (AvgIpc) is 3.23. The Morgan fingerprint density at radius 1 is 0.943 bits per heavy atom. The van der Waals surface area contributed by atoms with Gasteiger partial charge in [-0.1, -0.05) is 61.0 Å². The minimum atomic E-state index is -0.290. The molecule has 0 bridgehead atoms. The van der Waals surface area contributed by atoms with Crippen molar-refractivity contribution in [2.75, 3.05) is 10.6 Å². The summed E-state index contributed by atoms with van der Waals surface area (Å²) < 4.78 is 0. The molecule has 0 fully saturated rings. The number of nitrogens with zero attached hydrogens (tertiary/aromatic N) is 1. The summed E-state index contributed by atoms with van der Waals surface area (Å²) in [6, 6.07) is 25.0. The van der Waals surface area contributed by atoms with Gasteiger partial charge >= 0.3 is 0 Å². The summed E-state index contributed by atoms with van der Waals surface area (Å²) in [6.45, 7) is 5.96. The molecule has 0 aliphatic carbocycles. The molecule has 1 aromatic heterocycles. The Labute approximate surface area is 214 Å². The molecular weight excluding hydrogens is 474 g/mol. The Hall–Kier alpha value is -3.42. The quantitative estimate of drug-likeness (QED) is 0.251. The summed E-state index contributed by atoms with van der Waals surface area (Å²) >= 11 is 2.96. The third kappa shape index (κ3) is 6.38. The van der Waals surface area contributed by atoms with Crippen LogP contribution in [0.15, 0.2) is 83.8 Å².